The first-order valence-corrected chi connectivity index (χ1v) is 7.18. The summed E-state index contributed by atoms with van der Waals surface area (Å²) in [5.74, 6) is 0.316. The number of aryl methyl sites for hydroxylation is 1. The van der Waals surface area contributed by atoms with Gasteiger partial charge in [0, 0.05) is 11.6 Å². The van der Waals surface area contributed by atoms with Crippen molar-refractivity contribution >= 4 is 5.69 Å². The van der Waals surface area contributed by atoms with E-state index in [2.05, 4.69) is 15.2 Å². The predicted molar refractivity (Wildman–Crippen MR) is 87.3 cm³/mol. The third kappa shape index (κ3) is 2.95. The van der Waals surface area contributed by atoms with E-state index in [1.807, 2.05) is 31.2 Å². The van der Waals surface area contributed by atoms with Gasteiger partial charge >= 0.3 is 5.69 Å². The smallest absolute Gasteiger partial charge is 0.311 e. The third-order valence-electron chi connectivity index (χ3n) is 3.66. The Morgan fingerprint density at radius 1 is 1.25 bits per heavy atom. The number of aromatic amines is 1. The molecule has 24 heavy (non-hydrogen) atoms. The molecule has 8 heteroatoms. The number of nitro groups is 1. The molecular formula is C16H15N5O3. The van der Waals surface area contributed by atoms with Gasteiger partial charge in [-0.2, -0.15) is 5.10 Å². The molecule has 3 rings (SSSR count). The van der Waals surface area contributed by atoms with Gasteiger partial charge in [-0.15, -0.1) is 0 Å². The van der Waals surface area contributed by atoms with Crippen molar-refractivity contribution in [1.82, 2.24) is 15.2 Å². The molecule has 1 heterocycles. The first kappa shape index (κ1) is 15.6. The molecule has 0 aliphatic carbocycles. The van der Waals surface area contributed by atoms with Gasteiger partial charge in [0.1, 0.15) is 5.82 Å². The summed E-state index contributed by atoms with van der Waals surface area (Å²) in [7, 11) is 0. The Morgan fingerprint density at radius 2 is 1.96 bits per heavy atom. The van der Waals surface area contributed by atoms with Crippen molar-refractivity contribution < 1.29 is 10.0 Å². The number of nitro benzene ring substituents is 1. The van der Waals surface area contributed by atoms with Gasteiger partial charge in [0.25, 0.3) is 0 Å². The lowest BCUT2D eigenvalue weighted by atomic mass is 10.1. The molecular weight excluding hydrogens is 310 g/mol. The summed E-state index contributed by atoms with van der Waals surface area (Å²) in [6.07, 6.45) is 0. The fourth-order valence-corrected chi connectivity index (χ4v) is 2.28. The van der Waals surface area contributed by atoms with Crippen molar-refractivity contribution in [3.05, 3.63) is 69.5 Å². The second kappa shape index (κ2) is 6.09. The molecule has 0 spiro atoms. The topological polar surface area (TPSA) is 131 Å². The maximum Gasteiger partial charge on any atom is 0.311 e. The normalized spacial score (nSPS) is 12.1. The maximum atomic E-state index is 10.9. The van der Waals surface area contributed by atoms with Gasteiger partial charge in [0.15, 0.2) is 11.6 Å². The Bertz CT molecular complexity index is 889. The van der Waals surface area contributed by atoms with Gasteiger partial charge in [-0.25, -0.2) is 4.98 Å². The lowest BCUT2D eigenvalue weighted by Crippen LogP contribution is -2.13. The number of H-pyrrole nitrogens is 1. The number of aromatic nitrogens is 3. The number of phenolic OH excluding ortho intramolecular Hbond substituents is 1. The average Bonchev–Trinajstić information content (AvgIpc) is 3.05. The lowest BCUT2D eigenvalue weighted by molar-refractivity contribution is -0.385. The van der Waals surface area contributed by atoms with Crippen LogP contribution in [0.5, 0.6) is 5.75 Å². The van der Waals surface area contributed by atoms with E-state index in [-0.39, 0.29) is 5.82 Å². The summed E-state index contributed by atoms with van der Waals surface area (Å²) < 4.78 is 0. The molecule has 2 aromatic carbocycles. The number of rotatable bonds is 4. The largest absolute Gasteiger partial charge is 0.502 e. The number of benzene rings is 2. The number of nitrogens with zero attached hydrogens (tertiary/aromatic N) is 3. The van der Waals surface area contributed by atoms with Crippen molar-refractivity contribution in [1.29, 1.82) is 0 Å². The molecule has 3 aromatic rings. The van der Waals surface area contributed by atoms with Crippen LogP contribution in [0.15, 0.2) is 42.5 Å². The van der Waals surface area contributed by atoms with E-state index < -0.39 is 22.4 Å². The predicted octanol–water partition coefficient (Wildman–Crippen LogP) is 2.44. The second-order valence-electron chi connectivity index (χ2n) is 5.39. The minimum Gasteiger partial charge on any atom is -0.502 e. The Labute approximate surface area is 137 Å². The van der Waals surface area contributed by atoms with E-state index >= 15 is 0 Å². The summed E-state index contributed by atoms with van der Waals surface area (Å²) in [5, 5.41) is 27.2. The fraction of sp³-hybridized carbons (Fsp3) is 0.125. The average molecular weight is 325 g/mol. The molecule has 0 amide bonds. The Hall–Kier alpha value is -3.26. The fourth-order valence-electron chi connectivity index (χ4n) is 2.28. The molecule has 122 valence electrons. The van der Waals surface area contributed by atoms with Crippen LogP contribution in [-0.4, -0.2) is 25.2 Å². The number of aromatic hydroxyl groups is 1. The highest BCUT2D eigenvalue weighted by Crippen LogP contribution is 2.30. The SMILES string of the molecule is Cc1ccc([C@H](N)c2nc(-c3ccc(O)c([N+](=O)[O-])c3)n[nH]2)cc1. The van der Waals surface area contributed by atoms with E-state index in [0.717, 1.165) is 11.1 Å². The molecule has 0 aliphatic rings. The molecule has 0 saturated heterocycles. The number of phenols is 1. The summed E-state index contributed by atoms with van der Waals surface area (Å²) >= 11 is 0. The number of hydrogen-bond acceptors (Lipinski definition) is 6. The summed E-state index contributed by atoms with van der Waals surface area (Å²) in [5.41, 5.74) is 8.19. The molecule has 0 saturated carbocycles. The zero-order chi connectivity index (χ0) is 17.3. The van der Waals surface area contributed by atoms with Crippen LogP contribution in [0.25, 0.3) is 11.4 Å². The van der Waals surface area contributed by atoms with E-state index in [4.69, 9.17) is 5.73 Å². The third-order valence-corrected chi connectivity index (χ3v) is 3.66. The molecule has 0 radical (unpaired) electrons. The first-order valence-electron chi connectivity index (χ1n) is 7.18. The molecule has 4 N–H and O–H groups in total. The highest BCUT2D eigenvalue weighted by Gasteiger charge is 2.18. The van der Waals surface area contributed by atoms with E-state index in [1.54, 1.807) is 0 Å². The van der Waals surface area contributed by atoms with Crippen LogP contribution in [0.4, 0.5) is 5.69 Å². The van der Waals surface area contributed by atoms with Crippen molar-refractivity contribution in [3.63, 3.8) is 0 Å². The first-order chi connectivity index (χ1) is 11.5. The zero-order valence-electron chi connectivity index (χ0n) is 12.8. The van der Waals surface area contributed by atoms with Crippen molar-refractivity contribution in [2.24, 2.45) is 5.73 Å². The minimum atomic E-state index is -0.662. The van der Waals surface area contributed by atoms with Crippen LogP contribution < -0.4 is 5.73 Å². The molecule has 0 bridgehead atoms. The summed E-state index contributed by atoms with van der Waals surface area (Å²) in [6.45, 7) is 1.99. The van der Waals surface area contributed by atoms with Crippen LogP contribution in [0.2, 0.25) is 0 Å². The molecule has 0 aliphatic heterocycles. The van der Waals surface area contributed by atoms with E-state index in [1.165, 1.54) is 18.2 Å². The molecule has 1 aromatic heterocycles. The maximum absolute atomic E-state index is 10.9. The van der Waals surface area contributed by atoms with Gasteiger partial charge in [-0.3, -0.25) is 15.2 Å². The number of nitrogens with one attached hydrogen (secondary N) is 1. The van der Waals surface area contributed by atoms with Crippen LogP contribution in [0.1, 0.15) is 23.0 Å². The van der Waals surface area contributed by atoms with Gasteiger partial charge in [0.05, 0.1) is 11.0 Å². The Morgan fingerprint density at radius 3 is 2.62 bits per heavy atom. The monoisotopic (exact) mass is 325 g/mol. The zero-order valence-corrected chi connectivity index (χ0v) is 12.8. The number of hydrogen-bond donors (Lipinski definition) is 3. The molecule has 8 nitrogen and oxygen atoms in total. The second-order valence-corrected chi connectivity index (χ2v) is 5.39. The lowest BCUT2D eigenvalue weighted by Gasteiger charge is -2.08. The highest BCUT2D eigenvalue weighted by molar-refractivity contribution is 5.63. The summed E-state index contributed by atoms with van der Waals surface area (Å²) in [6, 6.07) is 11.2. The van der Waals surface area contributed by atoms with E-state index in [9.17, 15) is 15.2 Å². The van der Waals surface area contributed by atoms with Gasteiger partial charge in [-0.05, 0) is 24.6 Å². The summed E-state index contributed by atoms with van der Waals surface area (Å²) in [4.78, 5) is 14.6. The molecule has 0 unspecified atom stereocenters. The number of nitrogens with two attached hydrogens (primary N) is 1. The highest BCUT2D eigenvalue weighted by atomic mass is 16.6. The van der Waals surface area contributed by atoms with Gasteiger partial charge in [-0.1, -0.05) is 29.8 Å². The van der Waals surface area contributed by atoms with Crippen LogP contribution in [0, 0.1) is 17.0 Å². The minimum absolute atomic E-state index is 0.274. The Balaban J connectivity index is 1.92. The van der Waals surface area contributed by atoms with E-state index in [0.29, 0.717) is 11.4 Å². The van der Waals surface area contributed by atoms with Crippen LogP contribution in [0.3, 0.4) is 0 Å². The quantitative estimate of drug-likeness (QED) is 0.499. The Kier molecular flexibility index (Phi) is 3.97. The van der Waals surface area contributed by atoms with Crippen LogP contribution >= 0.6 is 0 Å². The standard InChI is InChI=1S/C16H15N5O3/c1-9-2-4-10(5-3-9)14(17)16-18-15(19-20-16)11-6-7-13(22)12(8-11)21(23)24/h2-8,14,22H,17H2,1H3,(H,18,19,20)/t14-/m0/s1. The molecule has 1 atom stereocenters. The van der Waals surface area contributed by atoms with Crippen molar-refractivity contribution in [3.8, 4) is 17.1 Å². The van der Waals surface area contributed by atoms with Crippen LogP contribution in [-0.2, 0) is 0 Å². The molecule has 0 fully saturated rings. The van der Waals surface area contributed by atoms with Gasteiger partial charge in [0.2, 0.25) is 0 Å². The van der Waals surface area contributed by atoms with Gasteiger partial charge < -0.3 is 10.8 Å². The van der Waals surface area contributed by atoms with Crippen molar-refractivity contribution in [2.75, 3.05) is 0 Å². The van der Waals surface area contributed by atoms with Crippen molar-refractivity contribution in [2.45, 2.75) is 13.0 Å².